The van der Waals surface area contributed by atoms with E-state index in [-0.39, 0.29) is 0 Å². The number of hydrogen-bond donors (Lipinski definition) is 1. The van der Waals surface area contributed by atoms with Gasteiger partial charge in [-0.3, -0.25) is 0 Å². The molecular weight excluding hydrogens is 164 g/mol. The molecule has 0 radical (unpaired) electrons. The van der Waals surface area contributed by atoms with Crippen LogP contribution in [0.5, 0.6) is 0 Å². The highest BCUT2D eigenvalue weighted by Gasteiger charge is 2.29. The van der Waals surface area contributed by atoms with Gasteiger partial charge in [-0.15, -0.1) is 0 Å². The van der Waals surface area contributed by atoms with Gasteiger partial charge in [-0.2, -0.15) is 0 Å². The molecule has 0 spiro atoms. The molecule has 1 saturated heterocycles. The van der Waals surface area contributed by atoms with Crippen LogP contribution in [0.25, 0.3) is 0 Å². The molecule has 0 aromatic rings. The van der Waals surface area contributed by atoms with Gasteiger partial charge in [0, 0.05) is 13.1 Å². The number of hydrogen-bond acceptors (Lipinski definition) is 3. The van der Waals surface area contributed by atoms with Gasteiger partial charge in [0.25, 0.3) is 0 Å². The predicted octanol–water partition coefficient (Wildman–Crippen LogP) is 0.395. The van der Waals surface area contributed by atoms with Crippen LogP contribution in [0.15, 0.2) is 0 Å². The third-order valence-electron chi connectivity index (χ3n) is 2.75. The fourth-order valence-electron chi connectivity index (χ4n) is 2.06. The van der Waals surface area contributed by atoms with E-state index >= 15 is 0 Å². The lowest BCUT2D eigenvalue weighted by Gasteiger charge is -2.29. The van der Waals surface area contributed by atoms with Crippen LogP contribution >= 0.6 is 0 Å². The van der Waals surface area contributed by atoms with Crippen molar-refractivity contribution in [3.63, 3.8) is 0 Å². The van der Waals surface area contributed by atoms with Gasteiger partial charge in [0.1, 0.15) is 0 Å². The Morgan fingerprint density at radius 3 is 2.62 bits per heavy atom. The molecule has 0 aliphatic carbocycles. The van der Waals surface area contributed by atoms with Crippen molar-refractivity contribution in [2.24, 2.45) is 0 Å². The quantitative estimate of drug-likeness (QED) is 0.676. The second-order valence-corrected chi connectivity index (χ2v) is 4.62. The van der Waals surface area contributed by atoms with Gasteiger partial charge in [-0.25, -0.2) is 0 Å². The first-order chi connectivity index (χ1) is 6.02. The molecule has 0 aromatic heterocycles. The molecule has 0 aromatic carbocycles. The standard InChI is InChI=1S/C10H22N2O/c1-11(2)9-10(13)5-4-7-12(3)8-6-10/h13H,4-9H2,1-3H3. The average molecular weight is 186 g/mol. The van der Waals surface area contributed by atoms with E-state index in [9.17, 15) is 5.11 Å². The Morgan fingerprint density at radius 2 is 2.00 bits per heavy atom. The van der Waals surface area contributed by atoms with E-state index in [2.05, 4.69) is 16.8 Å². The SMILES string of the molecule is CN(C)CC1(O)CCCN(C)CC1. The van der Waals surface area contributed by atoms with Crippen LogP contribution in [0.1, 0.15) is 19.3 Å². The molecule has 1 N–H and O–H groups in total. The summed E-state index contributed by atoms with van der Waals surface area (Å²) in [7, 11) is 6.17. The van der Waals surface area contributed by atoms with E-state index in [1.807, 2.05) is 14.1 Å². The van der Waals surface area contributed by atoms with Crippen LogP contribution in [0.4, 0.5) is 0 Å². The molecule has 13 heavy (non-hydrogen) atoms. The Morgan fingerprint density at radius 1 is 1.31 bits per heavy atom. The summed E-state index contributed by atoms with van der Waals surface area (Å²) in [5.41, 5.74) is -0.450. The minimum absolute atomic E-state index is 0.450. The van der Waals surface area contributed by atoms with Crippen molar-refractivity contribution < 1.29 is 5.11 Å². The minimum Gasteiger partial charge on any atom is -0.389 e. The zero-order chi connectivity index (χ0) is 9.90. The van der Waals surface area contributed by atoms with Gasteiger partial charge in [0.15, 0.2) is 0 Å². The van der Waals surface area contributed by atoms with Crippen molar-refractivity contribution in [1.29, 1.82) is 0 Å². The molecule has 1 heterocycles. The molecule has 1 aliphatic rings. The first-order valence-corrected chi connectivity index (χ1v) is 5.07. The third-order valence-corrected chi connectivity index (χ3v) is 2.75. The van der Waals surface area contributed by atoms with Crippen LogP contribution in [-0.4, -0.2) is 61.3 Å². The maximum absolute atomic E-state index is 10.3. The number of aliphatic hydroxyl groups is 1. The van der Waals surface area contributed by atoms with E-state index in [1.165, 1.54) is 0 Å². The molecular formula is C10H22N2O. The van der Waals surface area contributed by atoms with Gasteiger partial charge in [-0.1, -0.05) is 0 Å². The molecule has 78 valence electrons. The van der Waals surface area contributed by atoms with Crippen molar-refractivity contribution in [3.8, 4) is 0 Å². The molecule has 1 fully saturated rings. The van der Waals surface area contributed by atoms with Crippen LogP contribution in [0.3, 0.4) is 0 Å². The van der Waals surface area contributed by atoms with Gasteiger partial charge in [-0.05, 0) is 47.0 Å². The fourth-order valence-corrected chi connectivity index (χ4v) is 2.06. The largest absolute Gasteiger partial charge is 0.389 e. The van der Waals surface area contributed by atoms with Crippen LogP contribution in [0.2, 0.25) is 0 Å². The van der Waals surface area contributed by atoms with Gasteiger partial charge < -0.3 is 14.9 Å². The summed E-state index contributed by atoms with van der Waals surface area (Å²) in [6.07, 6.45) is 2.96. The number of nitrogens with zero attached hydrogens (tertiary/aromatic N) is 2. The molecule has 0 bridgehead atoms. The zero-order valence-electron chi connectivity index (χ0n) is 9.08. The Hall–Kier alpha value is -0.120. The zero-order valence-corrected chi connectivity index (χ0v) is 9.08. The monoisotopic (exact) mass is 186 g/mol. The van der Waals surface area contributed by atoms with Gasteiger partial charge >= 0.3 is 0 Å². The predicted molar refractivity (Wildman–Crippen MR) is 54.9 cm³/mol. The van der Waals surface area contributed by atoms with Crippen molar-refractivity contribution in [2.45, 2.75) is 24.9 Å². The number of rotatable bonds is 2. The van der Waals surface area contributed by atoms with Gasteiger partial charge in [0.05, 0.1) is 5.60 Å². The minimum atomic E-state index is -0.450. The summed E-state index contributed by atoms with van der Waals surface area (Å²) in [6, 6.07) is 0. The smallest absolute Gasteiger partial charge is 0.0786 e. The molecule has 0 amide bonds. The molecule has 1 rings (SSSR count). The molecule has 3 nitrogen and oxygen atoms in total. The summed E-state index contributed by atoms with van der Waals surface area (Å²) in [5.74, 6) is 0. The molecule has 3 heteroatoms. The number of likely N-dealkylation sites (N-methyl/N-ethyl adjacent to an activating group) is 1. The normalized spacial score (nSPS) is 32.1. The third kappa shape index (κ3) is 3.63. The second-order valence-electron chi connectivity index (χ2n) is 4.62. The molecule has 0 saturated carbocycles. The van der Waals surface area contributed by atoms with Crippen molar-refractivity contribution in [3.05, 3.63) is 0 Å². The van der Waals surface area contributed by atoms with E-state index in [1.54, 1.807) is 0 Å². The summed E-state index contributed by atoms with van der Waals surface area (Å²) in [4.78, 5) is 4.37. The van der Waals surface area contributed by atoms with E-state index in [0.29, 0.717) is 0 Å². The Kier molecular flexibility index (Phi) is 3.71. The summed E-state index contributed by atoms with van der Waals surface area (Å²) < 4.78 is 0. The fraction of sp³-hybridized carbons (Fsp3) is 1.00. The highest BCUT2D eigenvalue weighted by molar-refractivity contribution is 4.84. The summed E-state index contributed by atoms with van der Waals surface area (Å²) >= 11 is 0. The highest BCUT2D eigenvalue weighted by atomic mass is 16.3. The average Bonchev–Trinajstić information content (AvgIpc) is 2.12. The summed E-state index contributed by atoms with van der Waals surface area (Å²) in [5, 5.41) is 10.3. The van der Waals surface area contributed by atoms with Crippen LogP contribution < -0.4 is 0 Å². The maximum atomic E-state index is 10.3. The van der Waals surface area contributed by atoms with Crippen molar-refractivity contribution in [1.82, 2.24) is 9.80 Å². The molecule has 1 atom stereocenters. The summed E-state index contributed by atoms with van der Waals surface area (Å²) in [6.45, 7) is 2.93. The lowest BCUT2D eigenvalue weighted by molar-refractivity contribution is 0.00323. The van der Waals surface area contributed by atoms with E-state index in [0.717, 1.165) is 38.9 Å². The van der Waals surface area contributed by atoms with Gasteiger partial charge in [0.2, 0.25) is 0 Å². The lowest BCUT2D eigenvalue weighted by atomic mass is 9.94. The van der Waals surface area contributed by atoms with Crippen LogP contribution in [0, 0.1) is 0 Å². The Balaban J connectivity index is 2.47. The molecule has 1 unspecified atom stereocenters. The topological polar surface area (TPSA) is 26.7 Å². The second kappa shape index (κ2) is 4.40. The highest BCUT2D eigenvalue weighted by Crippen LogP contribution is 2.22. The lowest BCUT2D eigenvalue weighted by Crippen LogP contribution is -2.40. The van der Waals surface area contributed by atoms with Crippen molar-refractivity contribution >= 4 is 0 Å². The Labute approximate surface area is 81.3 Å². The first-order valence-electron chi connectivity index (χ1n) is 5.07. The van der Waals surface area contributed by atoms with Crippen molar-refractivity contribution in [2.75, 3.05) is 40.8 Å². The molecule has 1 aliphatic heterocycles. The number of likely N-dealkylation sites (tertiary alicyclic amines) is 1. The van der Waals surface area contributed by atoms with E-state index < -0.39 is 5.60 Å². The Bertz CT molecular complexity index is 161. The van der Waals surface area contributed by atoms with Crippen LogP contribution in [-0.2, 0) is 0 Å². The first kappa shape index (κ1) is 11.0. The van der Waals surface area contributed by atoms with E-state index in [4.69, 9.17) is 0 Å². The maximum Gasteiger partial charge on any atom is 0.0786 e.